The van der Waals surface area contributed by atoms with Crippen LogP contribution in [0.1, 0.15) is 18.4 Å². The zero-order valence-electron chi connectivity index (χ0n) is 8.49. The molecule has 1 fully saturated rings. The Morgan fingerprint density at radius 2 is 2.14 bits per heavy atom. The lowest BCUT2D eigenvalue weighted by Gasteiger charge is -2.26. The fourth-order valence-corrected chi connectivity index (χ4v) is 2.54. The Labute approximate surface area is 88.3 Å². The standard InChI is InChI=1S/C9H16N4S/c1-2-3-8-11-12-9(14-8)13-6-4-10-5-7-13/h10H,2-7H2,1H3. The molecule has 78 valence electrons. The van der Waals surface area contributed by atoms with Gasteiger partial charge in [-0.15, -0.1) is 10.2 Å². The molecule has 0 bridgehead atoms. The molecule has 1 aliphatic heterocycles. The average Bonchev–Trinajstić information content (AvgIpc) is 2.68. The molecule has 0 amide bonds. The van der Waals surface area contributed by atoms with Crippen LogP contribution in [-0.2, 0) is 6.42 Å². The fraction of sp³-hybridized carbons (Fsp3) is 0.778. The number of rotatable bonds is 3. The molecule has 2 heterocycles. The van der Waals surface area contributed by atoms with Gasteiger partial charge in [0, 0.05) is 32.6 Å². The lowest BCUT2D eigenvalue weighted by molar-refractivity contribution is 0.587. The lowest BCUT2D eigenvalue weighted by Crippen LogP contribution is -2.43. The van der Waals surface area contributed by atoms with E-state index in [1.807, 2.05) is 0 Å². The Bertz CT molecular complexity index is 280. The van der Waals surface area contributed by atoms with E-state index in [1.54, 1.807) is 11.3 Å². The first kappa shape index (κ1) is 9.86. The van der Waals surface area contributed by atoms with E-state index in [0.717, 1.165) is 44.2 Å². The minimum atomic E-state index is 1.06. The number of hydrogen-bond acceptors (Lipinski definition) is 5. The molecule has 0 atom stereocenters. The van der Waals surface area contributed by atoms with Gasteiger partial charge in [0.05, 0.1) is 0 Å². The van der Waals surface area contributed by atoms with Crippen LogP contribution in [0.2, 0.25) is 0 Å². The Hall–Kier alpha value is -0.680. The van der Waals surface area contributed by atoms with Crippen molar-refractivity contribution in [2.24, 2.45) is 0 Å². The fourth-order valence-electron chi connectivity index (χ4n) is 1.54. The molecule has 0 spiro atoms. The van der Waals surface area contributed by atoms with Gasteiger partial charge in [-0.1, -0.05) is 18.3 Å². The number of aryl methyl sites for hydroxylation is 1. The summed E-state index contributed by atoms with van der Waals surface area (Å²) in [5.41, 5.74) is 0. The van der Waals surface area contributed by atoms with E-state index in [9.17, 15) is 0 Å². The molecule has 1 aromatic rings. The van der Waals surface area contributed by atoms with Crippen LogP contribution in [0.15, 0.2) is 0 Å². The van der Waals surface area contributed by atoms with Crippen LogP contribution < -0.4 is 10.2 Å². The Morgan fingerprint density at radius 3 is 2.86 bits per heavy atom. The van der Waals surface area contributed by atoms with Crippen LogP contribution in [0.3, 0.4) is 0 Å². The second kappa shape index (κ2) is 4.70. The van der Waals surface area contributed by atoms with Crippen LogP contribution in [0.25, 0.3) is 0 Å². The van der Waals surface area contributed by atoms with Gasteiger partial charge in [0.1, 0.15) is 5.01 Å². The van der Waals surface area contributed by atoms with Crippen molar-refractivity contribution in [2.75, 3.05) is 31.1 Å². The molecule has 1 N–H and O–H groups in total. The highest BCUT2D eigenvalue weighted by molar-refractivity contribution is 7.15. The Morgan fingerprint density at radius 1 is 1.36 bits per heavy atom. The van der Waals surface area contributed by atoms with E-state index in [4.69, 9.17) is 0 Å². The van der Waals surface area contributed by atoms with Gasteiger partial charge in [-0.05, 0) is 6.42 Å². The highest BCUT2D eigenvalue weighted by Crippen LogP contribution is 2.21. The van der Waals surface area contributed by atoms with Gasteiger partial charge in [0.25, 0.3) is 0 Å². The maximum atomic E-state index is 4.23. The second-order valence-electron chi connectivity index (χ2n) is 3.47. The van der Waals surface area contributed by atoms with Gasteiger partial charge in [-0.3, -0.25) is 0 Å². The summed E-state index contributed by atoms with van der Waals surface area (Å²) in [6.07, 6.45) is 2.21. The SMILES string of the molecule is CCCc1nnc(N2CCNCC2)s1. The molecule has 0 aromatic carbocycles. The molecule has 14 heavy (non-hydrogen) atoms. The number of nitrogens with one attached hydrogen (secondary N) is 1. The van der Waals surface area contributed by atoms with Crippen molar-refractivity contribution in [3.05, 3.63) is 5.01 Å². The summed E-state index contributed by atoms with van der Waals surface area (Å²) in [7, 11) is 0. The van der Waals surface area contributed by atoms with Gasteiger partial charge >= 0.3 is 0 Å². The first-order valence-electron chi connectivity index (χ1n) is 5.18. The third kappa shape index (κ3) is 2.22. The summed E-state index contributed by atoms with van der Waals surface area (Å²) in [5, 5.41) is 14.0. The van der Waals surface area contributed by atoms with Crippen LogP contribution in [-0.4, -0.2) is 36.4 Å². The monoisotopic (exact) mass is 212 g/mol. The summed E-state index contributed by atoms with van der Waals surface area (Å²) in [5.74, 6) is 0. The molecular formula is C9H16N4S. The molecule has 1 saturated heterocycles. The Balaban J connectivity index is 2.00. The van der Waals surface area contributed by atoms with Crippen molar-refractivity contribution in [1.29, 1.82) is 0 Å². The maximum absolute atomic E-state index is 4.23. The van der Waals surface area contributed by atoms with Gasteiger partial charge in [-0.25, -0.2) is 0 Å². The zero-order valence-corrected chi connectivity index (χ0v) is 9.31. The number of hydrogen-bond donors (Lipinski definition) is 1. The van der Waals surface area contributed by atoms with Gasteiger partial charge in [0.15, 0.2) is 0 Å². The summed E-state index contributed by atoms with van der Waals surface area (Å²) >= 11 is 1.74. The lowest BCUT2D eigenvalue weighted by atomic mass is 10.4. The van der Waals surface area contributed by atoms with Crippen molar-refractivity contribution in [1.82, 2.24) is 15.5 Å². The molecule has 0 radical (unpaired) electrons. The molecule has 4 nitrogen and oxygen atoms in total. The van der Waals surface area contributed by atoms with E-state index in [-0.39, 0.29) is 0 Å². The van der Waals surface area contributed by atoms with E-state index in [0.29, 0.717) is 0 Å². The molecule has 1 aromatic heterocycles. The summed E-state index contributed by atoms with van der Waals surface area (Å²) in [4.78, 5) is 2.31. The minimum absolute atomic E-state index is 1.06. The number of piperazine rings is 1. The van der Waals surface area contributed by atoms with E-state index < -0.39 is 0 Å². The molecule has 0 aliphatic carbocycles. The first-order chi connectivity index (χ1) is 6.90. The van der Waals surface area contributed by atoms with Crippen LogP contribution >= 0.6 is 11.3 Å². The second-order valence-corrected chi connectivity index (χ2v) is 4.51. The molecule has 5 heteroatoms. The van der Waals surface area contributed by atoms with Crippen LogP contribution in [0.4, 0.5) is 5.13 Å². The first-order valence-corrected chi connectivity index (χ1v) is 6.00. The van der Waals surface area contributed by atoms with Crippen molar-refractivity contribution in [3.8, 4) is 0 Å². The number of anilines is 1. The molecule has 0 unspecified atom stereocenters. The topological polar surface area (TPSA) is 41.1 Å². The Kier molecular flexibility index (Phi) is 3.31. The van der Waals surface area contributed by atoms with Crippen LogP contribution in [0.5, 0.6) is 0 Å². The predicted octanol–water partition coefficient (Wildman–Crippen LogP) is 0.900. The maximum Gasteiger partial charge on any atom is 0.208 e. The highest BCUT2D eigenvalue weighted by atomic mass is 32.1. The highest BCUT2D eigenvalue weighted by Gasteiger charge is 2.14. The van der Waals surface area contributed by atoms with Gasteiger partial charge in [-0.2, -0.15) is 0 Å². The van der Waals surface area contributed by atoms with Gasteiger partial charge in [0.2, 0.25) is 5.13 Å². The van der Waals surface area contributed by atoms with Gasteiger partial charge < -0.3 is 10.2 Å². The summed E-state index contributed by atoms with van der Waals surface area (Å²) < 4.78 is 0. The minimum Gasteiger partial charge on any atom is -0.344 e. The van der Waals surface area contributed by atoms with Crippen molar-refractivity contribution in [3.63, 3.8) is 0 Å². The quantitative estimate of drug-likeness (QED) is 0.808. The van der Waals surface area contributed by atoms with E-state index in [2.05, 4.69) is 27.3 Å². The van der Waals surface area contributed by atoms with Crippen molar-refractivity contribution in [2.45, 2.75) is 19.8 Å². The van der Waals surface area contributed by atoms with E-state index in [1.165, 1.54) is 5.01 Å². The zero-order chi connectivity index (χ0) is 9.80. The smallest absolute Gasteiger partial charge is 0.208 e. The molecular weight excluding hydrogens is 196 g/mol. The summed E-state index contributed by atoms with van der Waals surface area (Å²) in [6.45, 7) is 6.40. The largest absolute Gasteiger partial charge is 0.344 e. The average molecular weight is 212 g/mol. The third-order valence-electron chi connectivity index (χ3n) is 2.31. The van der Waals surface area contributed by atoms with Crippen molar-refractivity contribution < 1.29 is 0 Å². The molecule has 0 saturated carbocycles. The third-order valence-corrected chi connectivity index (χ3v) is 3.35. The molecule has 2 rings (SSSR count). The molecule has 1 aliphatic rings. The summed E-state index contributed by atoms with van der Waals surface area (Å²) in [6, 6.07) is 0. The predicted molar refractivity (Wildman–Crippen MR) is 59.0 cm³/mol. The number of nitrogens with zero attached hydrogens (tertiary/aromatic N) is 3. The van der Waals surface area contributed by atoms with Crippen LogP contribution in [0, 0.1) is 0 Å². The normalized spacial score (nSPS) is 17.4. The number of aromatic nitrogens is 2. The van der Waals surface area contributed by atoms with E-state index >= 15 is 0 Å². The van der Waals surface area contributed by atoms with Crippen molar-refractivity contribution >= 4 is 16.5 Å².